The summed E-state index contributed by atoms with van der Waals surface area (Å²) in [4.78, 5) is 26.0. The second-order valence-electron chi connectivity index (χ2n) is 6.59. The SMILES string of the molecule is CN(C(=O)CCCNC(=O)c1ccccc1)C1CCC(CO)CC1. The molecule has 1 fully saturated rings. The van der Waals surface area contributed by atoms with Crippen molar-refractivity contribution in [3.63, 3.8) is 0 Å². The predicted molar refractivity (Wildman–Crippen MR) is 93.6 cm³/mol. The molecule has 2 rings (SSSR count). The van der Waals surface area contributed by atoms with E-state index >= 15 is 0 Å². The zero-order chi connectivity index (χ0) is 17.4. The van der Waals surface area contributed by atoms with Crippen molar-refractivity contribution in [2.24, 2.45) is 5.92 Å². The topological polar surface area (TPSA) is 69.6 Å². The number of rotatable bonds is 7. The Bertz CT molecular complexity index is 525. The van der Waals surface area contributed by atoms with Gasteiger partial charge in [0, 0.05) is 38.2 Å². The number of nitrogens with zero attached hydrogens (tertiary/aromatic N) is 1. The summed E-state index contributed by atoms with van der Waals surface area (Å²) in [6.45, 7) is 0.760. The number of carbonyl (C=O) groups excluding carboxylic acids is 2. The second kappa shape index (κ2) is 9.42. The van der Waals surface area contributed by atoms with Gasteiger partial charge in [-0.2, -0.15) is 0 Å². The fourth-order valence-electron chi connectivity index (χ4n) is 3.23. The molecule has 2 N–H and O–H groups in total. The van der Waals surface area contributed by atoms with Crippen LogP contribution in [0.2, 0.25) is 0 Å². The molecule has 0 radical (unpaired) electrons. The average Bonchev–Trinajstić information content (AvgIpc) is 2.65. The number of amides is 2. The Labute approximate surface area is 144 Å². The maximum Gasteiger partial charge on any atom is 0.251 e. The maximum absolute atomic E-state index is 12.3. The highest BCUT2D eigenvalue weighted by Crippen LogP contribution is 2.26. The van der Waals surface area contributed by atoms with Crippen molar-refractivity contribution < 1.29 is 14.7 Å². The van der Waals surface area contributed by atoms with Gasteiger partial charge >= 0.3 is 0 Å². The fraction of sp³-hybridized carbons (Fsp3) is 0.579. The molecule has 0 saturated heterocycles. The molecule has 0 aliphatic heterocycles. The molecule has 0 bridgehead atoms. The molecule has 0 spiro atoms. The van der Waals surface area contributed by atoms with Crippen molar-refractivity contribution in [1.82, 2.24) is 10.2 Å². The van der Waals surface area contributed by atoms with Crippen molar-refractivity contribution in [2.45, 2.75) is 44.6 Å². The lowest BCUT2D eigenvalue weighted by Crippen LogP contribution is -2.40. The highest BCUT2D eigenvalue weighted by Gasteiger charge is 2.25. The van der Waals surface area contributed by atoms with Crippen molar-refractivity contribution in [1.29, 1.82) is 0 Å². The summed E-state index contributed by atoms with van der Waals surface area (Å²) in [5.74, 6) is 0.438. The molecule has 24 heavy (non-hydrogen) atoms. The highest BCUT2D eigenvalue weighted by atomic mass is 16.3. The quantitative estimate of drug-likeness (QED) is 0.752. The van der Waals surface area contributed by atoms with Crippen LogP contribution in [0.4, 0.5) is 0 Å². The van der Waals surface area contributed by atoms with E-state index in [9.17, 15) is 14.7 Å². The van der Waals surface area contributed by atoms with Crippen LogP contribution in [0.25, 0.3) is 0 Å². The molecular formula is C19H28N2O3. The fourth-order valence-corrected chi connectivity index (χ4v) is 3.23. The molecule has 5 heteroatoms. The highest BCUT2D eigenvalue weighted by molar-refractivity contribution is 5.94. The largest absolute Gasteiger partial charge is 0.396 e. The van der Waals surface area contributed by atoms with E-state index in [4.69, 9.17) is 0 Å². The molecule has 0 aromatic heterocycles. The van der Waals surface area contributed by atoms with Gasteiger partial charge in [-0.25, -0.2) is 0 Å². The van der Waals surface area contributed by atoms with Crippen LogP contribution in [0, 0.1) is 5.92 Å². The molecule has 1 aliphatic carbocycles. The van der Waals surface area contributed by atoms with Gasteiger partial charge < -0.3 is 15.3 Å². The lowest BCUT2D eigenvalue weighted by Gasteiger charge is -2.34. The first-order valence-corrected chi connectivity index (χ1v) is 8.81. The third-order valence-corrected chi connectivity index (χ3v) is 4.90. The standard InChI is InChI=1S/C19H28N2O3/c1-21(17-11-9-15(14-22)10-12-17)18(23)8-5-13-20-19(24)16-6-3-2-4-7-16/h2-4,6-7,15,17,22H,5,8-14H2,1H3,(H,20,24). The van der Waals surface area contributed by atoms with Crippen molar-refractivity contribution in [3.8, 4) is 0 Å². The normalized spacial score (nSPS) is 20.4. The molecule has 2 amide bonds. The number of aliphatic hydroxyl groups is 1. The van der Waals surface area contributed by atoms with Crippen LogP contribution in [-0.4, -0.2) is 48.1 Å². The smallest absolute Gasteiger partial charge is 0.251 e. The molecule has 1 saturated carbocycles. The van der Waals surface area contributed by atoms with Crippen LogP contribution in [0.5, 0.6) is 0 Å². The second-order valence-corrected chi connectivity index (χ2v) is 6.59. The maximum atomic E-state index is 12.3. The first kappa shape index (κ1) is 18.5. The number of nitrogens with one attached hydrogen (secondary N) is 1. The Kier molecular flexibility index (Phi) is 7.25. The summed E-state index contributed by atoms with van der Waals surface area (Å²) in [5.41, 5.74) is 0.640. The molecule has 5 nitrogen and oxygen atoms in total. The molecule has 0 heterocycles. The van der Waals surface area contributed by atoms with Crippen molar-refractivity contribution in [2.75, 3.05) is 20.2 Å². The summed E-state index contributed by atoms with van der Waals surface area (Å²) < 4.78 is 0. The van der Waals surface area contributed by atoms with E-state index in [2.05, 4.69) is 5.32 Å². The van der Waals surface area contributed by atoms with Crippen LogP contribution >= 0.6 is 0 Å². The van der Waals surface area contributed by atoms with Gasteiger partial charge in [0.1, 0.15) is 0 Å². The Morgan fingerprint density at radius 2 is 1.83 bits per heavy atom. The average molecular weight is 332 g/mol. The van der Waals surface area contributed by atoms with Crippen LogP contribution in [0.3, 0.4) is 0 Å². The van der Waals surface area contributed by atoms with Crippen LogP contribution in [0.1, 0.15) is 48.9 Å². The van der Waals surface area contributed by atoms with Gasteiger partial charge in [-0.1, -0.05) is 18.2 Å². The minimum absolute atomic E-state index is 0.0984. The predicted octanol–water partition coefficient (Wildman–Crippen LogP) is 2.21. The molecule has 0 unspecified atom stereocenters. The monoisotopic (exact) mass is 332 g/mol. The number of benzene rings is 1. The van der Waals surface area contributed by atoms with Crippen LogP contribution in [-0.2, 0) is 4.79 Å². The van der Waals surface area contributed by atoms with Gasteiger partial charge in [0.05, 0.1) is 0 Å². The molecule has 1 aliphatic rings. The van der Waals surface area contributed by atoms with Gasteiger partial charge in [0.25, 0.3) is 5.91 Å². The van der Waals surface area contributed by atoms with E-state index in [0.717, 1.165) is 25.7 Å². The first-order chi connectivity index (χ1) is 11.6. The number of carbonyl (C=O) groups is 2. The minimum Gasteiger partial charge on any atom is -0.396 e. The first-order valence-electron chi connectivity index (χ1n) is 8.81. The van der Waals surface area contributed by atoms with Crippen LogP contribution in [0.15, 0.2) is 30.3 Å². The molecule has 132 valence electrons. The van der Waals surface area contributed by atoms with Gasteiger partial charge in [0.2, 0.25) is 5.91 Å². The Morgan fingerprint density at radius 3 is 2.46 bits per heavy atom. The van der Waals surface area contributed by atoms with E-state index in [1.54, 1.807) is 12.1 Å². The van der Waals surface area contributed by atoms with Crippen LogP contribution < -0.4 is 5.32 Å². The number of hydrogen-bond acceptors (Lipinski definition) is 3. The number of aliphatic hydroxyl groups excluding tert-OH is 1. The van der Waals surface area contributed by atoms with E-state index < -0.39 is 0 Å². The zero-order valence-electron chi connectivity index (χ0n) is 14.4. The lowest BCUT2D eigenvalue weighted by atomic mass is 9.86. The molecular weight excluding hydrogens is 304 g/mol. The van der Waals surface area contributed by atoms with Gasteiger partial charge in [-0.15, -0.1) is 0 Å². The van der Waals surface area contributed by atoms with Gasteiger partial charge in [-0.3, -0.25) is 9.59 Å². The summed E-state index contributed by atoms with van der Waals surface area (Å²) in [5, 5.41) is 12.0. The van der Waals surface area contributed by atoms with Gasteiger partial charge in [0.15, 0.2) is 0 Å². The van der Waals surface area contributed by atoms with E-state index in [1.165, 1.54) is 0 Å². The van der Waals surface area contributed by atoms with E-state index in [1.807, 2.05) is 30.1 Å². The summed E-state index contributed by atoms with van der Waals surface area (Å²) in [7, 11) is 1.87. The Hall–Kier alpha value is -1.88. The van der Waals surface area contributed by atoms with Crippen molar-refractivity contribution >= 4 is 11.8 Å². The lowest BCUT2D eigenvalue weighted by molar-refractivity contribution is -0.132. The molecule has 0 atom stereocenters. The molecule has 1 aromatic rings. The Morgan fingerprint density at radius 1 is 1.17 bits per heavy atom. The third kappa shape index (κ3) is 5.34. The van der Waals surface area contributed by atoms with Gasteiger partial charge in [-0.05, 0) is 50.2 Å². The summed E-state index contributed by atoms with van der Waals surface area (Å²) >= 11 is 0. The van der Waals surface area contributed by atoms with Crippen molar-refractivity contribution in [3.05, 3.63) is 35.9 Å². The zero-order valence-corrected chi connectivity index (χ0v) is 14.4. The minimum atomic E-state index is -0.0984. The summed E-state index contributed by atoms with van der Waals surface area (Å²) in [6.07, 6.45) is 5.02. The third-order valence-electron chi connectivity index (χ3n) is 4.90. The number of hydrogen-bond donors (Lipinski definition) is 2. The van der Waals surface area contributed by atoms with E-state index in [0.29, 0.717) is 36.9 Å². The Balaban J connectivity index is 1.65. The van der Waals surface area contributed by atoms with E-state index in [-0.39, 0.29) is 18.4 Å². The molecule has 1 aromatic carbocycles. The summed E-state index contributed by atoms with van der Waals surface area (Å²) in [6, 6.07) is 9.38.